The van der Waals surface area contributed by atoms with Gasteiger partial charge in [-0.25, -0.2) is 10.2 Å². The zero-order chi connectivity index (χ0) is 13.1. The van der Waals surface area contributed by atoms with Crippen molar-refractivity contribution < 1.29 is 19.1 Å². The maximum Gasteiger partial charge on any atom is 0.427 e. The third-order valence-corrected chi connectivity index (χ3v) is 2.42. The second-order valence-electron chi connectivity index (χ2n) is 2.87. The quantitative estimate of drug-likeness (QED) is 0.341. The van der Waals surface area contributed by atoms with Crippen LogP contribution < -0.4 is 5.43 Å². The maximum atomic E-state index is 11.0. The second kappa shape index (κ2) is 9.95. The summed E-state index contributed by atoms with van der Waals surface area (Å²) in [4.78, 5) is 21.9. The Kier molecular flexibility index (Phi) is 9.22. The van der Waals surface area contributed by atoms with Crippen molar-refractivity contribution in [1.29, 1.82) is 0 Å². The molecule has 0 saturated carbocycles. The summed E-state index contributed by atoms with van der Waals surface area (Å²) in [6, 6.07) is 0. The molecule has 0 fully saturated rings. The van der Waals surface area contributed by atoms with Crippen molar-refractivity contribution in [3.05, 3.63) is 0 Å². The molecule has 1 amide bonds. The van der Waals surface area contributed by atoms with Crippen molar-refractivity contribution in [2.75, 3.05) is 19.0 Å². The zero-order valence-corrected chi connectivity index (χ0v) is 11.1. The molecule has 0 aliphatic heterocycles. The van der Waals surface area contributed by atoms with Crippen LogP contribution in [0.2, 0.25) is 0 Å². The van der Waals surface area contributed by atoms with Crippen LogP contribution in [0.5, 0.6) is 0 Å². The van der Waals surface area contributed by atoms with Crippen LogP contribution in [0, 0.1) is 0 Å². The van der Waals surface area contributed by atoms with Crippen molar-refractivity contribution in [1.82, 2.24) is 5.43 Å². The molecule has 1 N–H and O–H groups in total. The summed E-state index contributed by atoms with van der Waals surface area (Å²) in [6.45, 7) is 5.91. The molecule has 0 aromatic carbocycles. The van der Waals surface area contributed by atoms with Crippen LogP contribution >= 0.6 is 11.8 Å². The zero-order valence-electron chi connectivity index (χ0n) is 10.3. The fourth-order valence-corrected chi connectivity index (χ4v) is 1.51. The third-order valence-electron chi connectivity index (χ3n) is 1.50. The van der Waals surface area contributed by atoms with Crippen molar-refractivity contribution in [3.8, 4) is 0 Å². The monoisotopic (exact) mass is 262 g/mol. The maximum absolute atomic E-state index is 11.0. The molecule has 0 aromatic heterocycles. The number of esters is 1. The molecule has 0 saturated heterocycles. The van der Waals surface area contributed by atoms with Crippen LogP contribution in [0.25, 0.3) is 0 Å². The van der Waals surface area contributed by atoms with E-state index in [-0.39, 0.29) is 5.97 Å². The van der Waals surface area contributed by atoms with Crippen LogP contribution in [0.15, 0.2) is 5.10 Å². The SMILES string of the molecule is CCOC(=O)CCS/C(C)=N\NC(=O)OCC. The highest BCUT2D eigenvalue weighted by Gasteiger charge is 2.03. The Morgan fingerprint density at radius 1 is 1.24 bits per heavy atom. The van der Waals surface area contributed by atoms with Gasteiger partial charge < -0.3 is 9.47 Å². The van der Waals surface area contributed by atoms with Gasteiger partial charge >= 0.3 is 12.1 Å². The molecule has 0 aliphatic carbocycles. The van der Waals surface area contributed by atoms with Gasteiger partial charge in [0.05, 0.1) is 24.7 Å². The molecule has 98 valence electrons. The van der Waals surface area contributed by atoms with Crippen LogP contribution in [0.4, 0.5) is 4.79 Å². The molecule has 7 heteroatoms. The van der Waals surface area contributed by atoms with Gasteiger partial charge in [0.25, 0.3) is 0 Å². The number of hydrazone groups is 1. The first-order chi connectivity index (χ1) is 8.10. The Bertz CT molecular complexity index is 281. The predicted molar refractivity (Wildman–Crippen MR) is 67.0 cm³/mol. The molecule has 0 unspecified atom stereocenters. The summed E-state index contributed by atoms with van der Waals surface area (Å²) >= 11 is 1.37. The lowest BCUT2D eigenvalue weighted by molar-refractivity contribution is -0.142. The molecule has 0 heterocycles. The normalized spacial score (nSPS) is 10.9. The summed E-state index contributed by atoms with van der Waals surface area (Å²) in [7, 11) is 0. The minimum absolute atomic E-state index is 0.230. The number of carbonyl (C=O) groups is 2. The summed E-state index contributed by atoms with van der Waals surface area (Å²) in [6.07, 6.45) is -0.261. The van der Waals surface area contributed by atoms with E-state index in [4.69, 9.17) is 4.74 Å². The van der Waals surface area contributed by atoms with Gasteiger partial charge in [0.2, 0.25) is 0 Å². The standard InChI is InChI=1S/C10H18N2O4S/c1-4-15-9(13)6-7-17-8(3)11-12-10(14)16-5-2/h4-7H2,1-3H3,(H,12,14)/b11-8-. The van der Waals surface area contributed by atoms with Gasteiger partial charge in [-0.05, 0) is 20.8 Å². The van der Waals surface area contributed by atoms with Gasteiger partial charge in [-0.15, -0.1) is 11.8 Å². The second-order valence-corrected chi connectivity index (χ2v) is 4.15. The Morgan fingerprint density at radius 3 is 2.47 bits per heavy atom. The number of hydrogen-bond acceptors (Lipinski definition) is 6. The molecule has 6 nitrogen and oxygen atoms in total. The third kappa shape index (κ3) is 9.68. The van der Waals surface area contributed by atoms with E-state index in [1.807, 2.05) is 0 Å². The number of amides is 1. The molecule has 0 aliphatic rings. The highest BCUT2D eigenvalue weighted by atomic mass is 32.2. The average Bonchev–Trinajstić information content (AvgIpc) is 2.27. The number of carbonyl (C=O) groups excluding carboxylic acids is 2. The van der Waals surface area contributed by atoms with Gasteiger partial charge in [-0.2, -0.15) is 5.10 Å². The van der Waals surface area contributed by atoms with Crippen molar-refractivity contribution in [2.45, 2.75) is 27.2 Å². The number of ether oxygens (including phenoxy) is 2. The molecular formula is C10H18N2O4S. The van der Waals surface area contributed by atoms with Crippen LogP contribution in [-0.4, -0.2) is 36.1 Å². The summed E-state index contributed by atoms with van der Waals surface area (Å²) < 4.78 is 9.40. The van der Waals surface area contributed by atoms with E-state index in [0.29, 0.717) is 30.4 Å². The lowest BCUT2D eigenvalue weighted by atomic mass is 10.5. The summed E-state index contributed by atoms with van der Waals surface area (Å²) in [5.41, 5.74) is 2.24. The van der Waals surface area contributed by atoms with Gasteiger partial charge in [0, 0.05) is 5.75 Å². The van der Waals surface area contributed by atoms with E-state index < -0.39 is 6.09 Å². The smallest absolute Gasteiger partial charge is 0.427 e. The number of nitrogens with one attached hydrogen (secondary N) is 1. The Hall–Kier alpha value is -1.24. The van der Waals surface area contributed by atoms with Crippen LogP contribution in [0.3, 0.4) is 0 Å². The highest BCUT2D eigenvalue weighted by molar-refractivity contribution is 8.13. The molecule has 0 rings (SSSR count). The highest BCUT2D eigenvalue weighted by Crippen LogP contribution is 2.05. The topological polar surface area (TPSA) is 77.0 Å². The summed E-state index contributed by atoms with van der Waals surface area (Å²) in [5, 5.41) is 4.44. The number of rotatable bonds is 6. The number of hydrogen-bond donors (Lipinski definition) is 1. The van der Waals surface area contributed by atoms with Gasteiger partial charge in [-0.3, -0.25) is 4.79 Å². The number of nitrogens with zero attached hydrogens (tertiary/aromatic N) is 1. The van der Waals surface area contributed by atoms with E-state index in [0.717, 1.165) is 0 Å². The first kappa shape index (κ1) is 15.8. The average molecular weight is 262 g/mol. The van der Waals surface area contributed by atoms with Gasteiger partial charge in [0.15, 0.2) is 0 Å². The number of thioether (sulfide) groups is 1. The van der Waals surface area contributed by atoms with Crippen LogP contribution in [-0.2, 0) is 14.3 Å². The molecule has 17 heavy (non-hydrogen) atoms. The molecular weight excluding hydrogens is 244 g/mol. The predicted octanol–water partition coefficient (Wildman–Crippen LogP) is 1.75. The van der Waals surface area contributed by atoms with Crippen molar-refractivity contribution in [3.63, 3.8) is 0 Å². The van der Waals surface area contributed by atoms with E-state index in [9.17, 15) is 9.59 Å². The minimum atomic E-state index is -0.585. The first-order valence-corrected chi connectivity index (χ1v) is 6.34. The fraction of sp³-hybridized carbons (Fsp3) is 0.700. The fourth-order valence-electron chi connectivity index (χ4n) is 0.835. The van der Waals surface area contributed by atoms with Crippen LogP contribution in [0.1, 0.15) is 27.2 Å². The molecule has 0 aromatic rings. The lowest BCUT2D eigenvalue weighted by Gasteiger charge is -2.03. The van der Waals surface area contributed by atoms with E-state index >= 15 is 0 Å². The first-order valence-electron chi connectivity index (χ1n) is 5.35. The van der Waals surface area contributed by atoms with Crippen molar-refractivity contribution in [2.24, 2.45) is 5.10 Å². The van der Waals surface area contributed by atoms with Gasteiger partial charge in [0.1, 0.15) is 0 Å². The Morgan fingerprint density at radius 2 is 1.88 bits per heavy atom. The molecule has 0 atom stereocenters. The van der Waals surface area contributed by atoms with E-state index in [1.54, 1.807) is 20.8 Å². The Balaban J connectivity index is 3.70. The minimum Gasteiger partial charge on any atom is -0.466 e. The van der Waals surface area contributed by atoms with Crippen molar-refractivity contribution >= 4 is 28.9 Å². The van der Waals surface area contributed by atoms with Gasteiger partial charge in [-0.1, -0.05) is 0 Å². The largest absolute Gasteiger partial charge is 0.466 e. The molecule has 0 radical (unpaired) electrons. The summed E-state index contributed by atoms with van der Waals surface area (Å²) in [5.74, 6) is 0.338. The molecule has 0 bridgehead atoms. The van der Waals surface area contributed by atoms with E-state index in [2.05, 4.69) is 15.3 Å². The Labute approximate surface area is 105 Å². The molecule has 0 spiro atoms. The van der Waals surface area contributed by atoms with E-state index in [1.165, 1.54) is 11.8 Å². The lowest BCUT2D eigenvalue weighted by Crippen LogP contribution is -2.19.